The smallest absolute Gasteiger partial charge is 0.0977 e. The van der Waals surface area contributed by atoms with Crippen molar-refractivity contribution in [2.24, 2.45) is 0 Å². The van der Waals surface area contributed by atoms with Gasteiger partial charge in [-0.3, -0.25) is 0 Å². The third-order valence-corrected chi connectivity index (χ3v) is 4.17. The van der Waals surface area contributed by atoms with Gasteiger partial charge in [0.05, 0.1) is 5.60 Å². The molecule has 1 aliphatic carbocycles. The first kappa shape index (κ1) is 10.8. The van der Waals surface area contributed by atoms with Crippen molar-refractivity contribution in [1.29, 1.82) is 0 Å². The molecule has 0 unspecified atom stereocenters. The maximum atomic E-state index is 11.0. The Kier molecular flexibility index (Phi) is 2.12. The van der Waals surface area contributed by atoms with Crippen LogP contribution in [0.5, 0.6) is 0 Å². The van der Waals surface area contributed by atoms with Crippen LogP contribution in [0, 0.1) is 0 Å². The second-order valence-electron chi connectivity index (χ2n) is 5.43. The summed E-state index contributed by atoms with van der Waals surface area (Å²) in [5.74, 6) is 0. The zero-order valence-corrected chi connectivity index (χ0v) is 10.6. The number of hydrogen-bond donors (Lipinski definition) is 2. The second-order valence-corrected chi connectivity index (χ2v) is 5.43. The first-order valence-electron chi connectivity index (χ1n) is 6.61. The lowest BCUT2D eigenvalue weighted by Crippen LogP contribution is -2.25. The molecule has 0 amide bonds. The highest BCUT2D eigenvalue weighted by atomic mass is 16.3. The van der Waals surface area contributed by atoms with Crippen LogP contribution in [0.15, 0.2) is 54.7 Å². The summed E-state index contributed by atoms with van der Waals surface area (Å²) in [6, 6.07) is 16.5. The first-order valence-corrected chi connectivity index (χ1v) is 6.61. The average Bonchev–Trinajstić information content (AvgIpc) is 3.00. The maximum absolute atomic E-state index is 11.0. The number of nitrogens with one attached hydrogen (secondary N) is 1. The molecule has 0 radical (unpaired) electrons. The van der Waals surface area contributed by atoms with E-state index in [1.165, 1.54) is 11.1 Å². The molecule has 0 spiro atoms. The summed E-state index contributed by atoms with van der Waals surface area (Å²) in [6.07, 6.45) is 3.35. The molecule has 2 aromatic carbocycles. The molecule has 1 heterocycles. The van der Waals surface area contributed by atoms with Crippen LogP contribution in [0.4, 0.5) is 0 Å². The van der Waals surface area contributed by atoms with E-state index in [-0.39, 0.29) is 0 Å². The summed E-state index contributed by atoms with van der Waals surface area (Å²) in [5, 5.41) is 12.1. The van der Waals surface area contributed by atoms with Gasteiger partial charge in [-0.05, 0) is 40.3 Å². The number of benzene rings is 2. The standard InChI is InChI=1S/C17H15NO/c19-17(10-13-3-1-2-4-14(13)11-17)15-5-6-16-12(9-15)7-8-18-16/h1-9,18-19H,10-11H2. The Labute approximate surface area is 111 Å². The van der Waals surface area contributed by atoms with Crippen molar-refractivity contribution in [3.63, 3.8) is 0 Å². The Morgan fingerprint density at radius 3 is 2.42 bits per heavy atom. The van der Waals surface area contributed by atoms with E-state index in [1.807, 2.05) is 36.5 Å². The van der Waals surface area contributed by atoms with Gasteiger partial charge < -0.3 is 10.1 Å². The van der Waals surface area contributed by atoms with E-state index in [0.717, 1.165) is 16.5 Å². The fourth-order valence-electron chi connectivity index (χ4n) is 3.14. The molecule has 0 bridgehead atoms. The van der Waals surface area contributed by atoms with Crippen LogP contribution < -0.4 is 0 Å². The van der Waals surface area contributed by atoms with Gasteiger partial charge in [-0.2, -0.15) is 0 Å². The number of aromatic nitrogens is 1. The van der Waals surface area contributed by atoms with Crippen molar-refractivity contribution in [1.82, 2.24) is 4.98 Å². The van der Waals surface area contributed by atoms with Gasteiger partial charge in [0.2, 0.25) is 0 Å². The maximum Gasteiger partial charge on any atom is 0.0977 e. The monoisotopic (exact) mass is 249 g/mol. The van der Waals surface area contributed by atoms with Crippen molar-refractivity contribution in [3.05, 3.63) is 71.4 Å². The van der Waals surface area contributed by atoms with Gasteiger partial charge in [-0.25, -0.2) is 0 Å². The molecule has 0 atom stereocenters. The van der Waals surface area contributed by atoms with E-state index in [9.17, 15) is 5.11 Å². The van der Waals surface area contributed by atoms with E-state index in [4.69, 9.17) is 0 Å². The molecule has 0 fully saturated rings. The highest BCUT2D eigenvalue weighted by molar-refractivity contribution is 5.80. The third kappa shape index (κ3) is 1.60. The van der Waals surface area contributed by atoms with Crippen molar-refractivity contribution in [3.8, 4) is 0 Å². The predicted molar refractivity (Wildman–Crippen MR) is 76.0 cm³/mol. The van der Waals surface area contributed by atoms with Crippen molar-refractivity contribution < 1.29 is 5.11 Å². The molecule has 0 aliphatic heterocycles. The van der Waals surface area contributed by atoms with E-state index < -0.39 is 5.60 Å². The molecule has 3 aromatic rings. The minimum Gasteiger partial charge on any atom is -0.384 e. The average molecular weight is 249 g/mol. The molecule has 94 valence electrons. The Morgan fingerprint density at radius 2 is 1.68 bits per heavy atom. The van der Waals surface area contributed by atoms with Gasteiger partial charge in [0.15, 0.2) is 0 Å². The van der Waals surface area contributed by atoms with Crippen molar-refractivity contribution in [2.45, 2.75) is 18.4 Å². The Morgan fingerprint density at radius 1 is 0.947 bits per heavy atom. The molecule has 19 heavy (non-hydrogen) atoms. The van der Waals surface area contributed by atoms with Crippen LogP contribution in [0.3, 0.4) is 0 Å². The van der Waals surface area contributed by atoms with Crippen LogP contribution >= 0.6 is 0 Å². The number of H-pyrrole nitrogens is 1. The Balaban J connectivity index is 1.80. The molecular weight excluding hydrogens is 234 g/mol. The highest BCUT2D eigenvalue weighted by Crippen LogP contribution is 2.38. The van der Waals surface area contributed by atoms with Gasteiger partial charge >= 0.3 is 0 Å². The normalized spacial score (nSPS) is 16.7. The van der Waals surface area contributed by atoms with Crippen LogP contribution in [0.25, 0.3) is 10.9 Å². The lowest BCUT2D eigenvalue weighted by atomic mass is 9.90. The first-order chi connectivity index (χ1) is 9.24. The van der Waals surface area contributed by atoms with Crippen LogP contribution in [0.2, 0.25) is 0 Å². The molecule has 0 saturated heterocycles. The van der Waals surface area contributed by atoms with Gasteiger partial charge in [-0.1, -0.05) is 30.3 Å². The minimum absolute atomic E-state index is 0.707. The zero-order chi connectivity index (χ0) is 12.9. The van der Waals surface area contributed by atoms with Gasteiger partial charge in [0, 0.05) is 24.6 Å². The zero-order valence-electron chi connectivity index (χ0n) is 10.6. The van der Waals surface area contributed by atoms with Gasteiger partial charge in [-0.15, -0.1) is 0 Å². The van der Waals surface area contributed by atoms with E-state index in [2.05, 4.69) is 23.2 Å². The van der Waals surface area contributed by atoms with Crippen molar-refractivity contribution in [2.75, 3.05) is 0 Å². The quantitative estimate of drug-likeness (QED) is 0.683. The summed E-state index contributed by atoms with van der Waals surface area (Å²) in [7, 11) is 0. The summed E-state index contributed by atoms with van der Waals surface area (Å²) < 4.78 is 0. The number of hydrogen-bond acceptors (Lipinski definition) is 1. The largest absolute Gasteiger partial charge is 0.384 e. The lowest BCUT2D eigenvalue weighted by molar-refractivity contribution is 0.0483. The van der Waals surface area contributed by atoms with Crippen LogP contribution in [0.1, 0.15) is 16.7 Å². The van der Waals surface area contributed by atoms with E-state index >= 15 is 0 Å². The Bertz CT molecular complexity index is 732. The predicted octanol–water partition coefficient (Wildman–Crippen LogP) is 3.15. The number of fused-ring (bicyclic) bond motifs is 2. The Hall–Kier alpha value is -2.06. The topological polar surface area (TPSA) is 36.0 Å². The molecule has 2 nitrogen and oxygen atoms in total. The highest BCUT2D eigenvalue weighted by Gasteiger charge is 2.36. The number of aromatic amines is 1. The fourth-order valence-corrected chi connectivity index (χ4v) is 3.14. The number of rotatable bonds is 1. The van der Waals surface area contributed by atoms with Crippen molar-refractivity contribution >= 4 is 10.9 Å². The molecule has 1 aliphatic rings. The second kappa shape index (κ2) is 3.72. The molecule has 2 heteroatoms. The van der Waals surface area contributed by atoms with Gasteiger partial charge in [0.1, 0.15) is 0 Å². The summed E-state index contributed by atoms with van der Waals surface area (Å²) in [4.78, 5) is 3.19. The lowest BCUT2D eigenvalue weighted by Gasteiger charge is -2.23. The van der Waals surface area contributed by atoms with E-state index in [0.29, 0.717) is 12.8 Å². The number of aliphatic hydroxyl groups is 1. The summed E-state index contributed by atoms with van der Waals surface area (Å²) in [6.45, 7) is 0. The summed E-state index contributed by atoms with van der Waals surface area (Å²) >= 11 is 0. The van der Waals surface area contributed by atoms with E-state index in [1.54, 1.807) is 0 Å². The minimum atomic E-state index is -0.755. The molecule has 2 N–H and O–H groups in total. The third-order valence-electron chi connectivity index (χ3n) is 4.17. The molecular formula is C17H15NO. The molecule has 0 saturated carbocycles. The van der Waals surface area contributed by atoms with Gasteiger partial charge in [0.25, 0.3) is 0 Å². The molecule has 1 aromatic heterocycles. The fraction of sp³-hybridized carbons (Fsp3) is 0.176. The van der Waals surface area contributed by atoms with Crippen LogP contribution in [-0.2, 0) is 18.4 Å². The summed E-state index contributed by atoms with van der Waals surface area (Å²) in [5.41, 5.74) is 3.90. The SMILES string of the molecule is OC1(c2ccc3[nH]ccc3c2)Cc2ccccc2C1. The van der Waals surface area contributed by atoms with Crippen LogP contribution in [-0.4, -0.2) is 10.1 Å². The molecule has 4 rings (SSSR count).